The number of aromatic nitrogens is 2. The van der Waals surface area contributed by atoms with Crippen LogP contribution in [0.2, 0.25) is 5.02 Å². The fourth-order valence-corrected chi connectivity index (χ4v) is 5.84. The molecule has 0 saturated carbocycles. The number of hydrogen-bond acceptors (Lipinski definition) is 6. The Bertz CT molecular complexity index is 1180. The molecule has 1 atom stereocenters. The van der Waals surface area contributed by atoms with Crippen LogP contribution in [0.15, 0.2) is 53.4 Å². The highest BCUT2D eigenvalue weighted by molar-refractivity contribution is 7.89. The summed E-state index contributed by atoms with van der Waals surface area (Å²) in [7, 11) is -3.65. The van der Waals surface area contributed by atoms with Crippen LogP contribution in [0.3, 0.4) is 0 Å². The Kier molecular flexibility index (Phi) is 6.33. The largest absolute Gasteiger partial charge is 0.320 e. The number of carbonyl (C=O) groups excluding carboxylic acids is 1. The zero-order chi connectivity index (χ0) is 22.0. The first-order valence-electron chi connectivity index (χ1n) is 9.49. The van der Waals surface area contributed by atoms with Crippen LogP contribution in [-0.4, -0.2) is 41.9 Å². The SMILES string of the molecule is O=C(Nc1ccc(F)cc1)c1nnc([C@@H]2CCCN(S(=O)(=O)c3ccc(Cl)cc3)C2)s1. The normalized spacial score (nSPS) is 17.4. The van der Waals surface area contributed by atoms with E-state index in [2.05, 4.69) is 15.5 Å². The third kappa shape index (κ3) is 4.93. The number of amides is 1. The quantitative estimate of drug-likeness (QED) is 0.592. The number of rotatable bonds is 5. The van der Waals surface area contributed by atoms with Crippen molar-refractivity contribution in [2.45, 2.75) is 23.7 Å². The highest BCUT2D eigenvalue weighted by atomic mass is 35.5. The van der Waals surface area contributed by atoms with Gasteiger partial charge in [-0.05, 0) is 61.4 Å². The molecular weight excluding hydrogens is 463 g/mol. The molecule has 1 N–H and O–H groups in total. The second-order valence-corrected chi connectivity index (χ2v) is 10.4. The molecule has 1 aliphatic rings. The van der Waals surface area contributed by atoms with E-state index in [1.807, 2.05) is 0 Å². The van der Waals surface area contributed by atoms with E-state index in [4.69, 9.17) is 11.6 Å². The van der Waals surface area contributed by atoms with Crippen LogP contribution in [0.1, 0.15) is 33.6 Å². The fourth-order valence-electron chi connectivity index (χ4n) is 3.33. The van der Waals surface area contributed by atoms with Crippen LogP contribution in [0, 0.1) is 5.82 Å². The van der Waals surface area contributed by atoms with Crippen molar-refractivity contribution in [1.29, 1.82) is 0 Å². The van der Waals surface area contributed by atoms with Crippen molar-refractivity contribution in [3.8, 4) is 0 Å². The van der Waals surface area contributed by atoms with E-state index in [0.29, 0.717) is 28.7 Å². The lowest BCUT2D eigenvalue weighted by Crippen LogP contribution is -2.39. The van der Waals surface area contributed by atoms with Crippen molar-refractivity contribution in [2.24, 2.45) is 0 Å². The van der Waals surface area contributed by atoms with Gasteiger partial charge in [-0.15, -0.1) is 10.2 Å². The molecule has 1 aliphatic heterocycles. The van der Waals surface area contributed by atoms with Gasteiger partial charge in [-0.25, -0.2) is 12.8 Å². The molecule has 31 heavy (non-hydrogen) atoms. The number of nitrogens with zero attached hydrogens (tertiary/aromatic N) is 3. The number of benzene rings is 2. The van der Waals surface area contributed by atoms with Gasteiger partial charge in [0, 0.05) is 29.7 Å². The number of nitrogens with one attached hydrogen (secondary N) is 1. The minimum Gasteiger partial charge on any atom is -0.320 e. The fraction of sp³-hybridized carbons (Fsp3) is 0.250. The van der Waals surface area contributed by atoms with Gasteiger partial charge in [0.25, 0.3) is 5.91 Å². The Balaban J connectivity index is 1.46. The summed E-state index contributed by atoms with van der Waals surface area (Å²) in [5.41, 5.74) is 0.445. The lowest BCUT2D eigenvalue weighted by atomic mass is 10.0. The topological polar surface area (TPSA) is 92.3 Å². The average molecular weight is 481 g/mol. The van der Waals surface area contributed by atoms with E-state index in [9.17, 15) is 17.6 Å². The average Bonchev–Trinajstić information content (AvgIpc) is 3.26. The first-order chi connectivity index (χ1) is 14.8. The van der Waals surface area contributed by atoms with Gasteiger partial charge in [0.2, 0.25) is 15.0 Å². The lowest BCUT2D eigenvalue weighted by molar-refractivity contribution is 0.102. The van der Waals surface area contributed by atoms with Crippen molar-refractivity contribution in [1.82, 2.24) is 14.5 Å². The summed E-state index contributed by atoms with van der Waals surface area (Å²) in [5.74, 6) is -0.996. The predicted octanol–water partition coefficient (Wildman–Crippen LogP) is 4.15. The molecule has 1 saturated heterocycles. The number of hydrogen-bond donors (Lipinski definition) is 1. The van der Waals surface area contributed by atoms with Gasteiger partial charge in [0.15, 0.2) is 0 Å². The van der Waals surface area contributed by atoms with Crippen molar-refractivity contribution in [3.63, 3.8) is 0 Å². The Labute approximate surface area is 187 Å². The molecule has 3 aromatic rings. The third-order valence-corrected chi connectivity index (χ3v) is 8.14. The summed E-state index contributed by atoms with van der Waals surface area (Å²) in [6.45, 7) is 0.678. The van der Waals surface area contributed by atoms with Gasteiger partial charge in [-0.3, -0.25) is 4.79 Å². The molecule has 1 amide bonds. The number of piperidine rings is 1. The molecule has 0 radical (unpaired) electrons. The summed E-state index contributed by atoms with van der Waals surface area (Å²) in [5, 5.41) is 12.0. The van der Waals surface area contributed by atoms with Gasteiger partial charge in [0.1, 0.15) is 10.8 Å². The van der Waals surface area contributed by atoms with Gasteiger partial charge in [-0.1, -0.05) is 22.9 Å². The van der Waals surface area contributed by atoms with Gasteiger partial charge >= 0.3 is 0 Å². The summed E-state index contributed by atoms with van der Waals surface area (Å²) in [6, 6.07) is 11.5. The molecule has 0 bridgehead atoms. The van der Waals surface area contributed by atoms with E-state index in [0.717, 1.165) is 17.8 Å². The van der Waals surface area contributed by atoms with Crippen LogP contribution >= 0.6 is 22.9 Å². The number of halogens is 2. The summed E-state index contributed by atoms with van der Waals surface area (Å²) < 4.78 is 40.4. The minimum absolute atomic E-state index is 0.152. The molecule has 1 fully saturated rings. The molecular formula is C20H18ClFN4O3S2. The highest BCUT2D eigenvalue weighted by Crippen LogP contribution is 2.32. The molecule has 2 heterocycles. The zero-order valence-electron chi connectivity index (χ0n) is 16.2. The number of sulfonamides is 1. The molecule has 11 heteroatoms. The number of carbonyl (C=O) groups is 1. The van der Waals surface area contributed by atoms with Crippen LogP contribution in [-0.2, 0) is 10.0 Å². The molecule has 0 spiro atoms. The Morgan fingerprint density at radius 3 is 2.55 bits per heavy atom. The van der Waals surface area contributed by atoms with E-state index in [1.165, 1.54) is 40.7 Å². The maximum Gasteiger partial charge on any atom is 0.286 e. The van der Waals surface area contributed by atoms with Crippen LogP contribution in [0.5, 0.6) is 0 Å². The molecule has 0 unspecified atom stereocenters. The number of anilines is 1. The standard InChI is InChI=1S/C20H18ClFN4O3S2/c21-14-3-9-17(10-4-14)31(28,29)26-11-1-2-13(12-26)19-24-25-20(30-19)18(27)23-16-7-5-15(22)6-8-16/h3-10,13H,1-2,11-12H2,(H,23,27)/t13-/m1/s1. The van der Waals surface area contributed by atoms with E-state index in [-0.39, 0.29) is 22.4 Å². The van der Waals surface area contributed by atoms with Crippen molar-refractivity contribution >= 4 is 44.6 Å². The van der Waals surface area contributed by atoms with E-state index in [1.54, 1.807) is 12.1 Å². The molecule has 7 nitrogen and oxygen atoms in total. The summed E-state index contributed by atoms with van der Waals surface area (Å²) in [6.07, 6.45) is 1.43. The van der Waals surface area contributed by atoms with Gasteiger partial charge < -0.3 is 5.32 Å². The van der Waals surface area contributed by atoms with Gasteiger partial charge in [0.05, 0.1) is 4.90 Å². The second kappa shape index (κ2) is 8.99. The Morgan fingerprint density at radius 2 is 1.84 bits per heavy atom. The molecule has 162 valence electrons. The minimum atomic E-state index is -3.65. The maximum atomic E-state index is 13.0. The third-order valence-electron chi connectivity index (χ3n) is 4.92. The first kappa shape index (κ1) is 21.8. The zero-order valence-corrected chi connectivity index (χ0v) is 18.6. The maximum absolute atomic E-state index is 13.0. The monoisotopic (exact) mass is 480 g/mol. The summed E-state index contributed by atoms with van der Waals surface area (Å²) in [4.78, 5) is 12.6. The molecule has 4 rings (SSSR count). The Morgan fingerprint density at radius 1 is 1.13 bits per heavy atom. The smallest absolute Gasteiger partial charge is 0.286 e. The van der Waals surface area contributed by atoms with Crippen LogP contribution in [0.4, 0.5) is 10.1 Å². The van der Waals surface area contributed by atoms with Gasteiger partial charge in [-0.2, -0.15) is 4.31 Å². The van der Waals surface area contributed by atoms with Crippen molar-refractivity contribution in [3.05, 3.63) is 69.4 Å². The predicted molar refractivity (Wildman–Crippen MR) is 116 cm³/mol. The first-order valence-corrected chi connectivity index (χ1v) is 12.1. The van der Waals surface area contributed by atoms with Crippen molar-refractivity contribution in [2.75, 3.05) is 18.4 Å². The lowest BCUT2D eigenvalue weighted by Gasteiger charge is -2.30. The highest BCUT2D eigenvalue weighted by Gasteiger charge is 2.32. The van der Waals surface area contributed by atoms with E-state index >= 15 is 0 Å². The molecule has 0 aliphatic carbocycles. The van der Waals surface area contributed by atoms with E-state index < -0.39 is 21.7 Å². The molecule has 1 aromatic heterocycles. The Hall–Kier alpha value is -2.40. The molecule has 2 aromatic carbocycles. The second-order valence-electron chi connectivity index (χ2n) is 7.06. The van der Waals surface area contributed by atoms with Crippen molar-refractivity contribution < 1.29 is 17.6 Å². The van der Waals surface area contributed by atoms with Crippen LogP contribution in [0.25, 0.3) is 0 Å². The summed E-state index contributed by atoms with van der Waals surface area (Å²) >= 11 is 7.00. The van der Waals surface area contributed by atoms with Crippen LogP contribution < -0.4 is 5.32 Å².